The molecule has 0 aliphatic carbocycles. The van der Waals surface area contributed by atoms with E-state index in [1.807, 2.05) is 30.3 Å². The number of hydrogen-bond acceptors (Lipinski definition) is 4. The molecule has 0 radical (unpaired) electrons. The van der Waals surface area contributed by atoms with Crippen molar-refractivity contribution in [2.45, 2.75) is 26.7 Å². The van der Waals surface area contributed by atoms with Gasteiger partial charge in [-0.3, -0.25) is 9.69 Å². The summed E-state index contributed by atoms with van der Waals surface area (Å²) < 4.78 is 22.8. The van der Waals surface area contributed by atoms with E-state index in [0.29, 0.717) is 35.3 Å². The summed E-state index contributed by atoms with van der Waals surface area (Å²) in [6.45, 7) is 3.60. The van der Waals surface area contributed by atoms with Gasteiger partial charge in [-0.15, -0.1) is 0 Å². The minimum Gasteiger partial charge on any atom is -0.395 e. The van der Waals surface area contributed by atoms with Gasteiger partial charge >= 0.3 is 7.82 Å². The lowest BCUT2D eigenvalue weighted by Gasteiger charge is -2.18. The molecule has 0 bridgehead atoms. The molecular formula is C23H23O5P. The molecular weight excluding hydrogens is 387 g/mol. The van der Waals surface area contributed by atoms with Gasteiger partial charge in [0.05, 0.1) is 0 Å². The van der Waals surface area contributed by atoms with Gasteiger partial charge in [0.15, 0.2) is 5.78 Å². The standard InChI is InChI=1S/C23H23O5P/c1-17-15-19(13-14-22(24)20-9-5-3-6-10-20)16-18(2)23(17)28-29(25,26)27-21-11-7-4-8-12-21/h3-12,15-16H,13-14H2,1-2H3,(H,25,26). The average molecular weight is 410 g/mol. The highest BCUT2D eigenvalue weighted by Gasteiger charge is 2.27. The van der Waals surface area contributed by atoms with E-state index in [1.54, 1.807) is 56.3 Å². The number of phosphoric acid groups is 1. The van der Waals surface area contributed by atoms with E-state index >= 15 is 0 Å². The van der Waals surface area contributed by atoms with Crippen molar-refractivity contribution in [1.29, 1.82) is 0 Å². The van der Waals surface area contributed by atoms with Crippen molar-refractivity contribution >= 4 is 13.6 Å². The second-order valence-corrected chi connectivity index (χ2v) is 8.11. The fourth-order valence-electron chi connectivity index (χ4n) is 3.10. The van der Waals surface area contributed by atoms with Gasteiger partial charge in [-0.05, 0) is 49.1 Å². The molecule has 1 atom stereocenters. The molecule has 0 saturated heterocycles. The molecule has 0 aromatic heterocycles. The van der Waals surface area contributed by atoms with Gasteiger partial charge in [0, 0.05) is 12.0 Å². The predicted molar refractivity (Wildman–Crippen MR) is 113 cm³/mol. The van der Waals surface area contributed by atoms with Crippen molar-refractivity contribution in [3.05, 3.63) is 95.1 Å². The normalized spacial score (nSPS) is 12.8. The first-order chi connectivity index (χ1) is 13.8. The maximum atomic E-state index is 12.4. The third-order valence-corrected chi connectivity index (χ3v) is 5.28. The van der Waals surface area contributed by atoms with Crippen molar-refractivity contribution < 1.29 is 23.3 Å². The lowest BCUT2D eigenvalue weighted by atomic mass is 9.99. The van der Waals surface area contributed by atoms with E-state index in [4.69, 9.17) is 9.05 Å². The van der Waals surface area contributed by atoms with Gasteiger partial charge in [-0.2, -0.15) is 0 Å². The van der Waals surface area contributed by atoms with Gasteiger partial charge in [-0.25, -0.2) is 4.57 Å². The Morgan fingerprint density at radius 1 is 0.897 bits per heavy atom. The summed E-state index contributed by atoms with van der Waals surface area (Å²) in [5.74, 6) is 0.645. The fourth-order valence-corrected chi connectivity index (χ4v) is 4.05. The number of rotatable bonds is 8. The third kappa shape index (κ3) is 5.80. The molecule has 1 N–H and O–H groups in total. The van der Waals surface area contributed by atoms with Crippen LogP contribution in [-0.4, -0.2) is 10.7 Å². The quantitative estimate of drug-likeness (QED) is 0.382. The molecule has 3 aromatic carbocycles. The molecule has 0 heterocycles. The van der Waals surface area contributed by atoms with E-state index in [-0.39, 0.29) is 11.5 Å². The number of carbonyl (C=O) groups is 1. The Morgan fingerprint density at radius 3 is 2.03 bits per heavy atom. The SMILES string of the molecule is Cc1cc(CCC(=O)c2ccccc2)cc(C)c1OP(=O)(O)Oc1ccccc1. The molecule has 3 rings (SSSR count). The molecule has 3 aromatic rings. The summed E-state index contributed by atoms with van der Waals surface area (Å²) in [6, 6.07) is 21.3. The zero-order valence-electron chi connectivity index (χ0n) is 16.4. The van der Waals surface area contributed by atoms with E-state index in [0.717, 1.165) is 5.56 Å². The van der Waals surface area contributed by atoms with Gasteiger partial charge in [-0.1, -0.05) is 60.7 Å². The first-order valence-electron chi connectivity index (χ1n) is 9.29. The number of Topliss-reactive ketones (excluding diaryl/α,β-unsaturated/α-hetero) is 1. The number of ketones is 1. The molecule has 6 heteroatoms. The molecule has 29 heavy (non-hydrogen) atoms. The first-order valence-corrected chi connectivity index (χ1v) is 10.8. The van der Waals surface area contributed by atoms with Gasteiger partial charge in [0.25, 0.3) is 0 Å². The van der Waals surface area contributed by atoms with Crippen LogP contribution in [0.2, 0.25) is 0 Å². The second kappa shape index (κ2) is 9.08. The molecule has 0 fully saturated rings. The van der Waals surface area contributed by atoms with Crippen LogP contribution in [0.3, 0.4) is 0 Å². The lowest BCUT2D eigenvalue weighted by Crippen LogP contribution is -2.04. The van der Waals surface area contributed by atoms with Gasteiger partial charge in [0.2, 0.25) is 0 Å². The minimum atomic E-state index is -4.33. The third-order valence-electron chi connectivity index (χ3n) is 4.43. The van der Waals surface area contributed by atoms with E-state index < -0.39 is 7.82 Å². The number of carbonyl (C=O) groups excluding carboxylic acids is 1. The lowest BCUT2D eigenvalue weighted by molar-refractivity contribution is 0.0983. The van der Waals surface area contributed by atoms with Crippen LogP contribution in [-0.2, 0) is 11.0 Å². The van der Waals surface area contributed by atoms with Crippen LogP contribution in [0.25, 0.3) is 0 Å². The van der Waals surface area contributed by atoms with E-state index in [9.17, 15) is 14.3 Å². The molecule has 0 aliphatic heterocycles. The van der Waals surface area contributed by atoms with Crippen molar-refractivity contribution in [1.82, 2.24) is 0 Å². The van der Waals surface area contributed by atoms with Crippen LogP contribution in [0.4, 0.5) is 0 Å². The largest absolute Gasteiger partial charge is 0.584 e. The number of benzene rings is 3. The molecule has 1 unspecified atom stereocenters. The Bertz CT molecular complexity index is 1010. The number of aryl methyl sites for hydroxylation is 3. The molecule has 0 saturated carbocycles. The summed E-state index contributed by atoms with van der Waals surface area (Å²) in [6.07, 6.45) is 0.964. The predicted octanol–water partition coefficient (Wildman–Crippen LogP) is 5.68. The maximum absolute atomic E-state index is 12.4. The van der Waals surface area contributed by atoms with Crippen molar-refractivity contribution in [2.75, 3.05) is 0 Å². The topological polar surface area (TPSA) is 72.8 Å². The zero-order valence-corrected chi connectivity index (χ0v) is 17.3. The molecule has 0 amide bonds. The Morgan fingerprint density at radius 2 is 1.45 bits per heavy atom. The summed E-state index contributed by atoms with van der Waals surface area (Å²) in [5, 5.41) is 0. The monoisotopic (exact) mass is 410 g/mol. The van der Waals surface area contributed by atoms with Crippen LogP contribution in [0.5, 0.6) is 11.5 Å². The summed E-state index contributed by atoms with van der Waals surface area (Å²) >= 11 is 0. The molecule has 150 valence electrons. The van der Waals surface area contributed by atoms with Crippen LogP contribution in [0.15, 0.2) is 72.8 Å². The molecule has 0 aliphatic rings. The highest BCUT2D eigenvalue weighted by molar-refractivity contribution is 7.48. The Labute approximate surface area is 170 Å². The maximum Gasteiger partial charge on any atom is 0.584 e. The van der Waals surface area contributed by atoms with Gasteiger partial charge < -0.3 is 9.05 Å². The van der Waals surface area contributed by atoms with Crippen molar-refractivity contribution in [2.24, 2.45) is 0 Å². The Hall–Kier alpha value is -2.88. The number of para-hydroxylation sites is 1. The zero-order chi connectivity index (χ0) is 20.9. The smallest absolute Gasteiger partial charge is 0.395 e. The minimum absolute atomic E-state index is 0.0809. The fraction of sp³-hybridized carbons (Fsp3) is 0.174. The molecule has 5 nitrogen and oxygen atoms in total. The first kappa shape index (κ1) is 20.8. The van der Waals surface area contributed by atoms with Crippen molar-refractivity contribution in [3.8, 4) is 11.5 Å². The number of phosphoric ester groups is 1. The highest BCUT2D eigenvalue weighted by atomic mass is 31.2. The number of hydrogen-bond donors (Lipinski definition) is 1. The Kier molecular flexibility index (Phi) is 6.53. The summed E-state index contributed by atoms with van der Waals surface area (Å²) in [7, 11) is -4.33. The van der Waals surface area contributed by atoms with Crippen LogP contribution in [0.1, 0.15) is 33.5 Å². The van der Waals surface area contributed by atoms with E-state index in [2.05, 4.69) is 0 Å². The van der Waals surface area contributed by atoms with E-state index in [1.165, 1.54) is 0 Å². The second-order valence-electron chi connectivity index (χ2n) is 6.81. The van der Waals surface area contributed by atoms with Crippen LogP contribution < -0.4 is 9.05 Å². The van der Waals surface area contributed by atoms with Crippen LogP contribution >= 0.6 is 7.82 Å². The summed E-state index contributed by atoms with van der Waals surface area (Å²) in [5.41, 5.74) is 3.07. The highest BCUT2D eigenvalue weighted by Crippen LogP contribution is 2.46. The molecule has 0 spiro atoms. The average Bonchev–Trinajstić information content (AvgIpc) is 2.70. The Balaban J connectivity index is 1.69. The summed E-state index contributed by atoms with van der Waals surface area (Å²) in [4.78, 5) is 22.4. The van der Waals surface area contributed by atoms with Gasteiger partial charge in [0.1, 0.15) is 11.5 Å². The van der Waals surface area contributed by atoms with Crippen LogP contribution in [0, 0.1) is 13.8 Å². The van der Waals surface area contributed by atoms with Crippen molar-refractivity contribution in [3.63, 3.8) is 0 Å².